The summed E-state index contributed by atoms with van der Waals surface area (Å²) in [7, 11) is 0. The first-order chi connectivity index (χ1) is 8.90. The van der Waals surface area contributed by atoms with E-state index in [-0.39, 0.29) is 5.56 Å². The first-order valence-corrected chi connectivity index (χ1v) is 7.53. The highest BCUT2D eigenvalue weighted by molar-refractivity contribution is 9.10. The van der Waals surface area contributed by atoms with Gasteiger partial charge in [-0.3, -0.25) is 0 Å². The molecule has 0 saturated heterocycles. The van der Waals surface area contributed by atoms with Gasteiger partial charge >= 0.3 is 0 Å². The summed E-state index contributed by atoms with van der Waals surface area (Å²) in [6.45, 7) is 0. The molecule has 0 nitrogen and oxygen atoms in total. The zero-order valence-electron chi connectivity index (χ0n) is 9.23. The van der Waals surface area contributed by atoms with Gasteiger partial charge in [-0.25, -0.2) is 8.78 Å². The van der Waals surface area contributed by atoms with Crippen molar-refractivity contribution < 1.29 is 8.78 Å². The topological polar surface area (TPSA) is 0 Å². The average molecular weight is 431 g/mol. The van der Waals surface area contributed by atoms with Crippen LogP contribution in [0, 0.1) is 11.6 Å². The van der Waals surface area contributed by atoms with Crippen molar-refractivity contribution in [2.75, 3.05) is 0 Å². The van der Waals surface area contributed by atoms with Gasteiger partial charge in [-0.05, 0) is 61.7 Å². The first-order valence-electron chi connectivity index (χ1n) is 5.13. The molecule has 2 aromatic carbocycles. The molecule has 0 aliphatic rings. The second-order valence-corrected chi connectivity index (χ2v) is 6.38. The molecule has 0 aromatic heterocycles. The van der Waals surface area contributed by atoms with Crippen LogP contribution in [0.1, 0.15) is 16.5 Å². The summed E-state index contributed by atoms with van der Waals surface area (Å²) in [5.74, 6) is -0.952. The van der Waals surface area contributed by atoms with E-state index in [1.165, 1.54) is 24.3 Å². The van der Waals surface area contributed by atoms with E-state index in [9.17, 15) is 8.78 Å². The van der Waals surface area contributed by atoms with E-state index in [1.54, 1.807) is 6.07 Å². The van der Waals surface area contributed by atoms with E-state index < -0.39 is 17.0 Å². The zero-order chi connectivity index (χ0) is 14.2. The van der Waals surface area contributed by atoms with Crippen molar-refractivity contribution in [1.82, 2.24) is 0 Å². The van der Waals surface area contributed by atoms with Crippen LogP contribution in [0.15, 0.2) is 39.3 Å². The van der Waals surface area contributed by atoms with Gasteiger partial charge < -0.3 is 0 Å². The highest BCUT2D eigenvalue weighted by Gasteiger charge is 2.18. The maximum absolute atomic E-state index is 13.9. The molecular formula is C13H6Br2Cl2F2. The van der Waals surface area contributed by atoms with Crippen LogP contribution >= 0.6 is 55.1 Å². The van der Waals surface area contributed by atoms with Crippen molar-refractivity contribution in [1.29, 1.82) is 0 Å². The summed E-state index contributed by atoms with van der Waals surface area (Å²) in [5, 5.41) is -0.465. The van der Waals surface area contributed by atoms with E-state index in [0.717, 1.165) is 0 Å². The third-order valence-electron chi connectivity index (χ3n) is 2.55. The van der Waals surface area contributed by atoms with Crippen LogP contribution in [0.25, 0.3) is 0 Å². The van der Waals surface area contributed by atoms with Gasteiger partial charge in [0.2, 0.25) is 0 Å². The Morgan fingerprint density at radius 1 is 0.947 bits per heavy atom. The molecule has 0 fully saturated rings. The number of benzene rings is 2. The van der Waals surface area contributed by atoms with Crippen molar-refractivity contribution in [3.8, 4) is 0 Å². The van der Waals surface area contributed by atoms with Gasteiger partial charge in [0.15, 0.2) is 0 Å². The van der Waals surface area contributed by atoms with E-state index in [0.29, 0.717) is 19.5 Å². The van der Waals surface area contributed by atoms with Gasteiger partial charge in [-0.1, -0.05) is 17.7 Å². The summed E-state index contributed by atoms with van der Waals surface area (Å²) < 4.78 is 28.1. The Kier molecular flexibility index (Phi) is 4.88. The predicted molar refractivity (Wildman–Crippen MR) is 80.9 cm³/mol. The summed E-state index contributed by atoms with van der Waals surface area (Å²) in [4.78, 5) is 0. The molecule has 0 N–H and O–H groups in total. The maximum Gasteiger partial charge on any atom is 0.137 e. The van der Waals surface area contributed by atoms with Gasteiger partial charge in [-0.15, -0.1) is 11.6 Å². The van der Waals surface area contributed by atoms with Gasteiger partial charge in [-0.2, -0.15) is 0 Å². The Balaban J connectivity index is 2.46. The van der Waals surface area contributed by atoms with Crippen molar-refractivity contribution in [2.24, 2.45) is 0 Å². The minimum absolute atomic E-state index is 0.205. The summed E-state index contributed by atoms with van der Waals surface area (Å²) in [5.41, 5.74) is 0.663. The lowest BCUT2D eigenvalue weighted by molar-refractivity contribution is 0.607. The van der Waals surface area contributed by atoms with E-state index in [4.69, 9.17) is 23.2 Å². The molecule has 0 aliphatic heterocycles. The van der Waals surface area contributed by atoms with Crippen LogP contribution in [-0.2, 0) is 0 Å². The second kappa shape index (κ2) is 6.08. The minimum Gasteiger partial charge on any atom is -0.207 e. The number of rotatable bonds is 2. The van der Waals surface area contributed by atoms with Gasteiger partial charge in [0, 0.05) is 10.0 Å². The Labute approximate surface area is 136 Å². The Hall–Kier alpha value is -0.160. The molecule has 1 unspecified atom stereocenters. The highest BCUT2D eigenvalue weighted by atomic mass is 79.9. The molecule has 0 radical (unpaired) electrons. The van der Waals surface area contributed by atoms with Gasteiger partial charge in [0.1, 0.15) is 11.6 Å². The van der Waals surface area contributed by atoms with E-state index in [2.05, 4.69) is 31.9 Å². The smallest absolute Gasteiger partial charge is 0.137 e. The molecule has 0 aliphatic carbocycles. The predicted octanol–water partition coefficient (Wildman–Crippen LogP) is 6.47. The lowest BCUT2D eigenvalue weighted by Gasteiger charge is -2.13. The quantitative estimate of drug-likeness (QED) is 0.378. The van der Waals surface area contributed by atoms with Crippen LogP contribution in [0.2, 0.25) is 5.02 Å². The lowest BCUT2D eigenvalue weighted by Crippen LogP contribution is -1.98. The summed E-state index contributed by atoms with van der Waals surface area (Å²) in [6.07, 6.45) is 0. The van der Waals surface area contributed by atoms with Crippen LogP contribution in [0.5, 0.6) is 0 Å². The molecule has 0 bridgehead atoms. The van der Waals surface area contributed by atoms with E-state index >= 15 is 0 Å². The van der Waals surface area contributed by atoms with Gasteiger partial charge in [0.25, 0.3) is 0 Å². The zero-order valence-corrected chi connectivity index (χ0v) is 13.9. The summed E-state index contributed by atoms with van der Waals surface area (Å²) in [6, 6.07) is 7.08. The van der Waals surface area contributed by atoms with Crippen molar-refractivity contribution in [3.63, 3.8) is 0 Å². The standard InChI is InChI=1S/C13H6Br2Cl2F2/c14-8-2-1-6(3-12(8)19)13(17)7-4-10(16)9(15)5-11(7)18/h1-5,13H. The van der Waals surface area contributed by atoms with Crippen LogP contribution in [0.4, 0.5) is 8.78 Å². The third kappa shape index (κ3) is 3.30. The lowest BCUT2D eigenvalue weighted by atomic mass is 10.0. The monoisotopic (exact) mass is 428 g/mol. The minimum atomic E-state index is -0.812. The fourth-order valence-electron chi connectivity index (χ4n) is 1.58. The fraction of sp³-hybridized carbons (Fsp3) is 0.0769. The normalized spacial score (nSPS) is 12.5. The number of hydrogen-bond acceptors (Lipinski definition) is 0. The molecule has 100 valence electrons. The van der Waals surface area contributed by atoms with Crippen molar-refractivity contribution in [2.45, 2.75) is 5.38 Å². The SMILES string of the molecule is Fc1cc(C(Cl)c2cc(Cl)c(Br)cc2F)ccc1Br. The summed E-state index contributed by atoms with van der Waals surface area (Å²) >= 11 is 18.3. The average Bonchev–Trinajstić information content (AvgIpc) is 2.36. The number of hydrogen-bond donors (Lipinski definition) is 0. The Morgan fingerprint density at radius 2 is 1.63 bits per heavy atom. The largest absolute Gasteiger partial charge is 0.207 e. The molecule has 1 atom stereocenters. The molecule has 0 spiro atoms. The van der Waals surface area contributed by atoms with Crippen LogP contribution < -0.4 is 0 Å². The number of halogens is 6. The molecule has 0 saturated carbocycles. The fourth-order valence-corrected chi connectivity index (χ4v) is 2.62. The highest BCUT2D eigenvalue weighted by Crippen LogP contribution is 2.36. The maximum atomic E-state index is 13.9. The Bertz CT molecular complexity index is 632. The van der Waals surface area contributed by atoms with E-state index in [1.807, 2.05) is 0 Å². The molecule has 2 aromatic rings. The second-order valence-electron chi connectivity index (χ2n) is 3.82. The Morgan fingerprint density at radius 3 is 2.26 bits per heavy atom. The molecule has 6 heteroatoms. The molecule has 0 amide bonds. The van der Waals surface area contributed by atoms with Gasteiger partial charge in [0.05, 0.1) is 14.9 Å². The van der Waals surface area contributed by atoms with Crippen LogP contribution in [-0.4, -0.2) is 0 Å². The molecule has 2 rings (SSSR count). The van der Waals surface area contributed by atoms with Crippen molar-refractivity contribution in [3.05, 3.63) is 67.1 Å². The molecule has 0 heterocycles. The molecular weight excluding hydrogens is 425 g/mol. The van der Waals surface area contributed by atoms with Crippen LogP contribution in [0.3, 0.4) is 0 Å². The van der Waals surface area contributed by atoms with Crippen molar-refractivity contribution >= 4 is 55.1 Å². The molecule has 19 heavy (non-hydrogen) atoms. The number of alkyl halides is 1. The first kappa shape index (κ1) is 15.2. The third-order valence-corrected chi connectivity index (χ3v) is 4.88.